The summed E-state index contributed by atoms with van der Waals surface area (Å²) in [5.74, 6) is -0.794. The first-order chi connectivity index (χ1) is 7.16. The zero-order chi connectivity index (χ0) is 10.8. The van der Waals surface area contributed by atoms with Crippen LogP contribution in [0.2, 0.25) is 5.02 Å². The highest BCUT2D eigenvalue weighted by Gasteiger charge is 2.21. The quantitative estimate of drug-likeness (QED) is 0.761. The zero-order valence-electron chi connectivity index (χ0n) is 8.16. The summed E-state index contributed by atoms with van der Waals surface area (Å²) in [6.07, 6.45) is 1.36. The van der Waals surface area contributed by atoms with E-state index in [1.54, 1.807) is 0 Å². The van der Waals surface area contributed by atoms with Crippen molar-refractivity contribution in [2.24, 2.45) is 0 Å². The molecule has 2 rings (SSSR count). The number of hydrogen-bond acceptors (Lipinski definition) is 2. The van der Waals surface area contributed by atoms with Gasteiger partial charge in [-0.15, -0.1) is 0 Å². The Bertz CT molecular complexity index is 392. The number of benzene rings is 1. The number of rotatable bonds is 1. The molecule has 1 atom stereocenters. The van der Waals surface area contributed by atoms with Gasteiger partial charge in [-0.25, -0.2) is 0 Å². The lowest BCUT2D eigenvalue weighted by Crippen LogP contribution is -2.37. The van der Waals surface area contributed by atoms with E-state index in [9.17, 15) is 4.79 Å². The maximum absolute atomic E-state index is 10.9. The molecule has 0 saturated heterocycles. The maximum atomic E-state index is 10.9. The molecule has 1 aromatic rings. The lowest BCUT2D eigenvalue weighted by molar-refractivity contribution is -0.139. The van der Waals surface area contributed by atoms with E-state index in [1.165, 1.54) is 0 Å². The summed E-state index contributed by atoms with van der Waals surface area (Å²) in [5.41, 5.74) is 2.23. The van der Waals surface area contributed by atoms with Crippen LogP contribution in [0.3, 0.4) is 0 Å². The van der Waals surface area contributed by atoms with Crippen LogP contribution in [0.25, 0.3) is 0 Å². The minimum Gasteiger partial charge on any atom is -0.480 e. The lowest BCUT2D eigenvalue weighted by Gasteiger charge is -2.10. The van der Waals surface area contributed by atoms with Gasteiger partial charge in [-0.05, 0) is 42.6 Å². The molecule has 4 heteroatoms. The van der Waals surface area contributed by atoms with Crippen molar-refractivity contribution in [2.45, 2.75) is 18.9 Å². The normalized spacial score (nSPS) is 20.5. The first-order valence-corrected chi connectivity index (χ1v) is 5.28. The van der Waals surface area contributed by atoms with E-state index < -0.39 is 12.0 Å². The maximum Gasteiger partial charge on any atom is 0.321 e. The topological polar surface area (TPSA) is 49.3 Å². The van der Waals surface area contributed by atoms with Gasteiger partial charge in [0.1, 0.15) is 6.04 Å². The monoisotopic (exact) mass is 225 g/mol. The number of carbonyl (C=O) groups is 1. The van der Waals surface area contributed by atoms with E-state index in [0.29, 0.717) is 18.0 Å². The van der Waals surface area contributed by atoms with Crippen LogP contribution >= 0.6 is 11.6 Å². The van der Waals surface area contributed by atoms with Gasteiger partial charge in [0.05, 0.1) is 0 Å². The number of hydrogen-bond donors (Lipinski definition) is 2. The summed E-state index contributed by atoms with van der Waals surface area (Å²) in [4.78, 5) is 10.9. The molecule has 80 valence electrons. The van der Waals surface area contributed by atoms with Gasteiger partial charge in [-0.2, -0.15) is 0 Å². The first-order valence-electron chi connectivity index (χ1n) is 4.90. The molecule has 0 bridgehead atoms. The van der Waals surface area contributed by atoms with Crippen LogP contribution in [-0.2, 0) is 17.6 Å². The Morgan fingerprint density at radius 1 is 1.47 bits per heavy atom. The van der Waals surface area contributed by atoms with E-state index in [1.807, 2.05) is 18.2 Å². The molecule has 1 aliphatic rings. The molecule has 1 unspecified atom stereocenters. The van der Waals surface area contributed by atoms with Gasteiger partial charge >= 0.3 is 5.97 Å². The number of nitrogens with one attached hydrogen (secondary N) is 1. The molecule has 0 amide bonds. The van der Waals surface area contributed by atoms with E-state index in [0.717, 1.165) is 17.5 Å². The minimum absolute atomic E-state index is 0.479. The Labute approximate surface area is 93.1 Å². The standard InChI is InChI=1S/C11H12ClNO2/c12-9-2-1-7-6-10(11(14)15)13-4-3-8(7)5-9/h1-2,5,10,13H,3-4,6H2,(H,14,15). The highest BCUT2D eigenvalue weighted by molar-refractivity contribution is 6.30. The fourth-order valence-electron chi connectivity index (χ4n) is 1.87. The van der Waals surface area contributed by atoms with Crippen molar-refractivity contribution in [3.8, 4) is 0 Å². The molecule has 0 saturated carbocycles. The second-order valence-corrected chi connectivity index (χ2v) is 4.15. The molecule has 0 fully saturated rings. The zero-order valence-corrected chi connectivity index (χ0v) is 8.92. The third-order valence-electron chi connectivity index (χ3n) is 2.68. The Morgan fingerprint density at radius 3 is 3.00 bits per heavy atom. The molecular weight excluding hydrogens is 214 g/mol. The van der Waals surface area contributed by atoms with Crippen LogP contribution in [-0.4, -0.2) is 23.7 Å². The summed E-state index contributed by atoms with van der Waals surface area (Å²) in [6, 6.07) is 5.17. The van der Waals surface area contributed by atoms with Gasteiger partial charge in [0, 0.05) is 5.02 Å². The first kappa shape index (κ1) is 10.5. The summed E-state index contributed by atoms with van der Waals surface area (Å²) in [6.45, 7) is 0.685. The Morgan fingerprint density at radius 2 is 2.27 bits per heavy atom. The van der Waals surface area contributed by atoms with Gasteiger partial charge < -0.3 is 10.4 Å². The van der Waals surface area contributed by atoms with Crippen molar-refractivity contribution < 1.29 is 9.90 Å². The van der Waals surface area contributed by atoms with Gasteiger partial charge in [0.15, 0.2) is 0 Å². The third-order valence-corrected chi connectivity index (χ3v) is 2.91. The fourth-order valence-corrected chi connectivity index (χ4v) is 2.07. The van der Waals surface area contributed by atoms with Gasteiger partial charge in [-0.1, -0.05) is 17.7 Å². The number of carboxylic acid groups (broad SMARTS) is 1. The average Bonchev–Trinajstić information content (AvgIpc) is 2.39. The molecule has 15 heavy (non-hydrogen) atoms. The summed E-state index contributed by atoms with van der Waals surface area (Å²) in [7, 11) is 0. The van der Waals surface area contributed by atoms with Gasteiger partial charge in [0.25, 0.3) is 0 Å². The van der Waals surface area contributed by atoms with Crippen molar-refractivity contribution in [3.05, 3.63) is 34.3 Å². The average molecular weight is 226 g/mol. The summed E-state index contributed by atoms with van der Waals surface area (Å²) < 4.78 is 0. The molecular formula is C11H12ClNO2. The summed E-state index contributed by atoms with van der Waals surface area (Å²) >= 11 is 5.89. The van der Waals surface area contributed by atoms with Crippen molar-refractivity contribution in [1.82, 2.24) is 5.32 Å². The largest absolute Gasteiger partial charge is 0.480 e. The third kappa shape index (κ3) is 2.30. The highest BCUT2D eigenvalue weighted by atomic mass is 35.5. The van der Waals surface area contributed by atoms with E-state index in [4.69, 9.17) is 16.7 Å². The predicted molar refractivity (Wildman–Crippen MR) is 58.3 cm³/mol. The van der Waals surface area contributed by atoms with Crippen LogP contribution in [0.15, 0.2) is 18.2 Å². The molecule has 0 aliphatic carbocycles. The predicted octanol–water partition coefficient (Wildman–Crippen LogP) is 1.48. The molecule has 1 aromatic carbocycles. The number of halogens is 1. The summed E-state index contributed by atoms with van der Waals surface area (Å²) in [5, 5.41) is 12.7. The lowest BCUT2D eigenvalue weighted by atomic mass is 10.0. The van der Waals surface area contributed by atoms with E-state index in [2.05, 4.69) is 5.32 Å². The molecule has 3 nitrogen and oxygen atoms in total. The number of carboxylic acids is 1. The van der Waals surface area contributed by atoms with Crippen LogP contribution in [0.4, 0.5) is 0 Å². The fraction of sp³-hybridized carbons (Fsp3) is 0.364. The molecule has 0 radical (unpaired) electrons. The van der Waals surface area contributed by atoms with Gasteiger partial charge in [-0.3, -0.25) is 4.79 Å². The molecule has 1 aliphatic heterocycles. The number of aliphatic carboxylic acids is 1. The van der Waals surface area contributed by atoms with Crippen molar-refractivity contribution >= 4 is 17.6 Å². The molecule has 0 spiro atoms. The van der Waals surface area contributed by atoms with Crippen molar-refractivity contribution in [1.29, 1.82) is 0 Å². The molecule has 0 aromatic heterocycles. The molecule has 1 heterocycles. The van der Waals surface area contributed by atoms with Crippen LogP contribution in [0.5, 0.6) is 0 Å². The van der Waals surface area contributed by atoms with Crippen LogP contribution < -0.4 is 5.32 Å². The van der Waals surface area contributed by atoms with E-state index in [-0.39, 0.29) is 0 Å². The second kappa shape index (κ2) is 4.21. The highest BCUT2D eigenvalue weighted by Crippen LogP contribution is 2.20. The van der Waals surface area contributed by atoms with Crippen molar-refractivity contribution in [3.63, 3.8) is 0 Å². The molecule has 2 N–H and O–H groups in total. The van der Waals surface area contributed by atoms with E-state index >= 15 is 0 Å². The minimum atomic E-state index is -0.794. The van der Waals surface area contributed by atoms with Crippen LogP contribution in [0, 0.1) is 0 Å². The SMILES string of the molecule is O=C(O)C1Cc2ccc(Cl)cc2CCN1. The number of fused-ring (bicyclic) bond motifs is 1. The Hall–Kier alpha value is -1.06. The van der Waals surface area contributed by atoms with Crippen LogP contribution in [0.1, 0.15) is 11.1 Å². The van der Waals surface area contributed by atoms with Gasteiger partial charge in [0.2, 0.25) is 0 Å². The smallest absolute Gasteiger partial charge is 0.321 e. The Kier molecular flexibility index (Phi) is 2.93. The van der Waals surface area contributed by atoms with Crippen molar-refractivity contribution in [2.75, 3.05) is 6.54 Å². The Balaban J connectivity index is 2.29. The second-order valence-electron chi connectivity index (χ2n) is 3.71.